The Balaban J connectivity index is 1.71. The Labute approximate surface area is 167 Å². The molecular weight excluding hydrogens is 356 g/mol. The lowest BCUT2D eigenvalue weighted by atomic mass is 9.47. The molecule has 0 N–H and O–H groups in total. The van der Waals surface area contributed by atoms with Crippen LogP contribution in [0.3, 0.4) is 0 Å². The van der Waals surface area contributed by atoms with E-state index in [4.69, 9.17) is 9.47 Å². The summed E-state index contributed by atoms with van der Waals surface area (Å²) in [5.74, 6) is 0.762. The fourth-order valence-electron chi connectivity index (χ4n) is 7.00. The molecule has 5 nitrogen and oxygen atoms in total. The van der Waals surface area contributed by atoms with Gasteiger partial charge in [-0.15, -0.1) is 0 Å². The van der Waals surface area contributed by atoms with E-state index in [1.807, 2.05) is 0 Å². The third-order valence-electron chi connectivity index (χ3n) is 8.41. The van der Waals surface area contributed by atoms with Gasteiger partial charge in [-0.2, -0.15) is 0 Å². The van der Waals surface area contributed by atoms with Crippen LogP contribution in [0.2, 0.25) is 0 Å². The summed E-state index contributed by atoms with van der Waals surface area (Å²) in [5, 5.41) is 0. The van der Waals surface area contributed by atoms with Crippen LogP contribution in [0.5, 0.6) is 0 Å². The second-order valence-electron chi connectivity index (χ2n) is 9.87. The van der Waals surface area contributed by atoms with Crippen molar-refractivity contribution in [2.45, 2.75) is 84.8 Å². The van der Waals surface area contributed by atoms with Crippen molar-refractivity contribution >= 4 is 17.7 Å². The number of rotatable bonds is 2. The summed E-state index contributed by atoms with van der Waals surface area (Å²) in [5.41, 5.74) is 1.03. The molecular formula is C23H32O5. The van der Waals surface area contributed by atoms with Gasteiger partial charge in [-0.1, -0.05) is 19.4 Å². The zero-order valence-electron chi connectivity index (χ0n) is 17.5. The molecule has 3 fully saturated rings. The lowest BCUT2D eigenvalue weighted by molar-refractivity contribution is -0.159. The molecule has 0 spiro atoms. The number of carbonyl (C=O) groups excluding carboxylic acids is 3. The largest absolute Gasteiger partial charge is 0.462 e. The number of Topliss-reactive ketones (excluding diaryl/α,β-unsaturated/α-hetero) is 1. The summed E-state index contributed by atoms with van der Waals surface area (Å²) >= 11 is 0. The van der Waals surface area contributed by atoms with E-state index in [-0.39, 0.29) is 46.8 Å². The number of fused-ring (bicyclic) bond motifs is 5. The average molecular weight is 389 g/mol. The molecule has 0 bridgehead atoms. The van der Waals surface area contributed by atoms with E-state index < -0.39 is 0 Å². The summed E-state index contributed by atoms with van der Waals surface area (Å²) in [6, 6.07) is 0. The maximum Gasteiger partial charge on any atom is 0.303 e. The fourth-order valence-corrected chi connectivity index (χ4v) is 7.00. The van der Waals surface area contributed by atoms with E-state index >= 15 is 0 Å². The van der Waals surface area contributed by atoms with E-state index in [0.29, 0.717) is 18.1 Å². The van der Waals surface area contributed by atoms with Crippen LogP contribution in [0.4, 0.5) is 0 Å². The zero-order chi connectivity index (χ0) is 20.3. The van der Waals surface area contributed by atoms with Gasteiger partial charge in [0.25, 0.3) is 0 Å². The average Bonchev–Trinajstić information content (AvgIpc) is 2.90. The summed E-state index contributed by atoms with van der Waals surface area (Å²) in [7, 11) is 0. The van der Waals surface area contributed by atoms with Crippen LogP contribution in [-0.2, 0) is 23.9 Å². The van der Waals surface area contributed by atoms with Gasteiger partial charge in [0.15, 0.2) is 0 Å². The van der Waals surface area contributed by atoms with Crippen molar-refractivity contribution < 1.29 is 23.9 Å². The fraction of sp³-hybridized carbons (Fsp3) is 0.783. The van der Waals surface area contributed by atoms with Gasteiger partial charge >= 0.3 is 11.9 Å². The van der Waals surface area contributed by atoms with Crippen LogP contribution >= 0.6 is 0 Å². The molecule has 3 saturated carbocycles. The maximum atomic E-state index is 12.7. The van der Waals surface area contributed by atoms with Crippen LogP contribution in [0.1, 0.15) is 72.6 Å². The van der Waals surface area contributed by atoms with Crippen LogP contribution < -0.4 is 0 Å². The molecule has 4 aliphatic rings. The van der Waals surface area contributed by atoms with Crippen LogP contribution in [0, 0.1) is 28.6 Å². The first-order valence-corrected chi connectivity index (χ1v) is 10.7. The van der Waals surface area contributed by atoms with Gasteiger partial charge in [-0.25, -0.2) is 0 Å². The molecule has 0 saturated heterocycles. The molecule has 0 aromatic heterocycles. The molecule has 0 aromatic carbocycles. The Hall–Kier alpha value is -1.65. The van der Waals surface area contributed by atoms with Crippen molar-refractivity contribution in [3.8, 4) is 0 Å². The first-order chi connectivity index (χ1) is 13.1. The topological polar surface area (TPSA) is 69.7 Å². The van der Waals surface area contributed by atoms with Gasteiger partial charge in [0.05, 0.1) is 0 Å². The molecule has 0 heterocycles. The van der Waals surface area contributed by atoms with Crippen molar-refractivity contribution in [3.63, 3.8) is 0 Å². The van der Waals surface area contributed by atoms with E-state index in [1.54, 1.807) is 0 Å². The number of esters is 2. The molecule has 0 aliphatic heterocycles. The molecule has 154 valence electrons. The molecule has 4 aliphatic carbocycles. The molecule has 28 heavy (non-hydrogen) atoms. The van der Waals surface area contributed by atoms with Crippen LogP contribution in [0.25, 0.3) is 0 Å². The van der Waals surface area contributed by atoms with Crippen LogP contribution in [-0.4, -0.2) is 29.9 Å². The monoisotopic (exact) mass is 388 g/mol. The number of carbonyl (C=O) groups is 3. The minimum absolute atomic E-state index is 0.0327. The van der Waals surface area contributed by atoms with Gasteiger partial charge in [0, 0.05) is 38.0 Å². The number of hydrogen-bond acceptors (Lipinski definition) is 5. The summed E-state index contributed by atoms with van der Waals surface area (Å²) in [6.07, 6.45) is 7.82. The Kier molecular flexibility index (Phi) is 4.71. The molecule has 5 heteroatoms. The van der Waals surface area contributed by atoms with E-state index in [9.17, 15) is 14.4 Å². The maximum absolute atomic E-state index is 12.7. The highest BCUT2D eigenvalue weighted by Crippen LogP contribution is 2.64. The molecule has 7 atom stereocenters. The van der Waals surface area contributed by atoms with E-state index in [1.165, 1.54) is 19.4 Å². The summed E-state index contributed by atoms with van der Waals surface area (Å²) in [4.78, 5) is 36.0. The normalized spacial score (nSPS) is 44.6. The lowest BCUT2D eigenvalue weighted by Crippen LogP contribution is -2.55. The van der Waals surface area contributed by atoms with Crippen LogP contribution in [0.15, 0.2) is 11.6 Å². The van der Waals surface area contributed by atoms with Crippen molar-refractivity contribution in [3.05, 3.63) is 11.6 Å². The second-order valence-corrected chi connectivity index (χ2v) is 9.87. The van der Waals surface area contributed by atoms with Gasteiger partial charge in [-0.3, -0.25) is 14.4 Å². The summed E-state index contributed by atoms with van der Waals surface area (Å²) in [6.45, 7) is 7.39. The Morgan fingerprint density at radius 2 is 1.61 bits per heavy atom. The Morgan fingerprint density at radius 3 is 2.29 bits per heavy atom. The summed E-state index contributed by atoms with van der Waals surface area (Å²) < 4.78 is 11.3. The van der Waals surface area contributed by atoms with Crippen molar-refractivity contribution in [1.29, 1.82) is 0 Å². The molecule has 0 radical (unpaired) electrons. The SMILES string of the molecule is CC(=O)O[C@H]1CCC2(C)C(=C[C@H](OC(C)=O)C3C4CCC(=O)C4(C)CCC32)C1. The second kappa shape index (κ2) is 6.70. The highest BCUT2D eigenvalue weighted by molar-refractivity contribution is 5.87. The van der Waals surface area contributed by atoms with Gasteiger partial charge < -0.3 is 9.47 Å². The predicted molar refractivity (Wildman–Crippen MR) is 103 cm³/mol. The molecule has 4 rings (SSSR count). The number of ketones is 1. The van der Waals surface area contributed by atoms with Gasteiger partial charge in [0.2, 0.25) is 0 Å². The Morgan fingerprint density at radius 1 is 0.964 bits per heavy atom. The third-order valence-corrected chi connectivity index (χ3v) is 8.41. The zero-order valence-corrected chi connectivity index (χ0v) is 17.5. The smallest absolute Gasteiger partial charge is 0.303 e. The van der Waals surface area contributed by atoms with Crippen molar-refractivity contribution in [2.24, 2.45) is 28.6 Å². The third kappa shape index (κ3) is 2.93. The molecule has 0 aromatic rings. The lowest BCUT2D eigenvalue weighted by Gasteiger charge is -2.58. The van der Waals surface area contributed by atoms with Crippen molar-refractivity contribution in [2.75, 3.05) is 0 Å². The van der Waals surface area contributed by atoms with Gasteiger partial charge in [0.1, 0.15) is 18.0 Å². The quantitative estimate of drug-likeness (QED) is 0.528. The first-order valence-electron chi connectivity index (χ1n) is 10.7. The molecule has 0 amide bonds. The highest BCUT2D eigenvalue weighted by atomic mass is 16.5. The number of ether oxygens (including phenoxy) is 2. The predicted octanol–water partition coefficient (Wildman–Crippen LogP) is 3.99. The minimum Gasteiger partial charge on any atom is -0.462 e. The molecule has 5 unspecified atom stereocenters. The first kappa shape index (κ1) is 19.7. The van der Waals surface area contributed by atoms with Gasteiger partial charge in [-0.05, 0) is 55.4 Å². The van der Waals surface area contributed by atoms with E-state index in [2.05, 4.69) is 19.9 Å². The van der Waals surface area contributed by atoms with E-state index in [0.717, 1.165) is 38.5 Å². The Bertz CT molecular complexity index is 739. The standard InChI is InChI=1S/C23H32O5/c1-13(24)27-16-7-9-22(3)15(11-16)12-19(28-14(2)25)21-17-5-6-20(26)23(17,4)10-8-18(21)22/h12,16-19,21H,5-11H2,1-4H3/t16-,17?,18?,19-,21?,22?,23?/m0/s1. The minimum atomic E-state index is -0.280. The highest BCUT2D eigenvalue weighted by Gasteiger charge is 2.61. The number of hydrogen-bond donors (Lipinski definition) is 0. The van der Waals surface area contributed by atoms with Crippen molar-refractivity contribution in [1.82, 2.24) is 0 Å².